The van der Waals surface area contributed by atoms with E-state index in [2.05, 4.69) is 15.0 Å². The molecule has 9 heteroatoms. The SMILES string of the molecule is C[C@@H](OCC(F)(F)F)C(=O)Nc1nc(-c2cccn2C)cs1. The van der Waals surface area contributed by atoms with Crippen LogP contribution < -0.4 is 5.32 Å². The van der Waals surface area contributed by atoms with Crippen LogP contribution in [0.25, 0.3) is 11.4 Å². The van der Waals surface area contributed by atoms with Crippen molar-refractivity contribution in [3.63, 3.8) is 0 Å². The molecular weight excluding hydrogens is 319 g/mol. The molecule has 0 spiro atoms. The Labute approximate surface area is 128 Å². The number of aromatic nitrogens is 2. The Hall–Kier alpha value is -1.87. The average Bonchev–Trinajstić information content (AvgIpc) is 3.03. The summed E-state index contributed by atoms with van der Waals surface area (Å²) in [4.78, 5) is 16.0. The zero-order valence-corrected chi connectivity index (χ0v) is 12.7. The molecule has 0 aliphatic rings. The number of amides is 1. The Kier molecular flexibility index (Phi) is 4.87. The fourth-order valence-corrected chi connectivity index (χ4v) is 2.39. The highest BCUT2D eigenvalue weighted by atomic mass is 32.1. The van der Waals surface area contributed by atoms with Crippen LogP contribution in [0.15, 0.2) is 23.7 Å². The van der Waals surface area contributed by atoms with Crippen molar-refractivity contribution in [2.75, 3.05) is 11.9 Å². The smallest absolute Gasteiger partial charge is 0.359 e. The highest BCUT2D eigenvalue weighted by Crippen LogP contribution is 2.25. The minimum Gasteiger partial charge on any atom is -0.359 e. The van der Waals surface area contributed by atoms with E-state index < -0.39 is 24.8 Å². The number of carbonyl (C=O) groups is 1. The van der Waals surface area contributed by atoms with E-state index in [1.165, 1.54) is 18.3 Å². The van der Waals surface area contributed by atoms with Crippen LogP contribution in [0, 0.1) is 0 Å². The summed E-state index contributed by atoms with van der Waals surface area (Å²) in [5.41, 5.74) is 1.55. The lowest BCUT2D eigenvalue weighted by Gasteiger charge is -2.13. The first-order valence-corrected chi connectivity index (χ1v) is 7.20. The van der Waals surface area contributed by atoms with Crippen LogP contribution in [0.1, 0.15) is 6.92 Å². The number of thiazole rings is 1. The fraction of sp³-hybridized carbons (Fsp3) is 0.385. The van der Waals surface area contributed by atoms with Gasteiger partial charge >= 0.3 is 6.18 Å². The van der Waals surface area contributed by atoms with Gasteiger partial charge in [0.15, 0.2) is 5.13 Å². The Morgan fingerprint density at radius 1 is 1.55 bits per heavy atom. The van der Waals surface area contributed by atoms with Crippen LogP contribution in [0.3, 0.4) is 0 Å². The lowest BCUT2D eigenvalue weighted by molar-refractivity contribution is -0.184. The monoisotopic (exact) mass is 333 g/mol. The van der Waals surface area contributed by atoms with E-state index in [0.717, 1.165) is 5.69 Å². The van der Waals surface area contributed by atoms with Gasteiger partial charge in [0, 0.05) is 18.6 Å². The molecule has 0 bridgehead atoms. The molecule has 0 unspecified atom stereocenters. The van der Waals surface area contributed by atoms with Gasteiger partial charge in [-0.15, -0.1) is 11.3 Å². The first kappa shape index (κ1) is 16.5. The number of rotatable bonds is 5. The molecule has 1 amide bonds. The van der Waals surface area contributed by atoms with Gasteiger partial charge in [0.25, 0.3) is 5.91 Å². The third-order valence-corrected chi connectivity index (χ3v) is 3.56. The van der Waals surface area contributed by atoms with E-state index in [4.69, 9.17) is 0 Å². The van der Waals surface area contributed by atoms with Crippen molar-refractivity contribution in [2.45, 2.75) is 19.2 Å². The summed E-state index contributed by atoms with van der Waals surface area (Å²) >= 11 is 1.19. The van der Waals surface area contributed by atoms with Crippen LogP contribution in [-0.4, -0.2) is 34.3 Å². The summed E-state index contributed by atoms with van der Waals surface area (Å²) < 4.78 is 42.5. The Morgan fingerprint density at radius 2 is 2.27 bits per heavy atom. The molecule has 2 aromatic heterocycles. The molecule has 0 aromatic carbocycles. The second-order valence-electron chi connectivity index (χ2n) is 4.60. The van der Waals surface area contributed by atoms with E-state index >= 15 is 0 Å². The third-order valence-electron chi connectivity index (χ3n) is 2.81. The molecule has 0 aliphatic heterocycles. The summed E-state index contributed by atoms with van der Waals surface area (Å²) in [5.74, 6) is -0.669. The molecule has 1 N–H and O–H groups in total. The molecule has 0 fully saturated rings. The standard InChI is InChI=1S/C13H14F3N3O2S/c1-8(21-7-13(14,15)16)11(20)18-12-17-9(6-22-12)10-4-3-5-19(10)2/h3-6,8H,7H2,1-2H3,(H,17,18,20)/t8-/m1/s1. The van der Waals surface area contributed by atoms with Gasteiger partial charge in [-0.1, -0.05) is 0 Å². The van der Waals surface area contributed by atoms with E-state index in [1.54, 1.807) is 5.38 Å². The van der Waals surface area contributed by atoms with Gasteiger partial charge in [0.1, 0.15) is 12.7 Å². The summed E-state index contributed by atoms with van der Waals surface area (Å²) in [5, 5.41) is 4.51. The number of nitrogens with zero attached hydrogens (tertiary/aromatic N) is 2. The van der Waals surface area contributed by atoms with Crippen molar-refractivity contribution >= 4 is 22.4 Å². The molecule has 0 aliphatic carbocycles. The molecule has 1 atom stereocenters. The third kappa shape index (κ3) is 4.31. The maximum atomic E-state index is 12.0. The second-order valence-corrected chi connectivity index (χ2v) is 5.46. The zero-order valence-electron chi connectivity index (χ0n) is 11.8. The van der Waals surface area contributed by atoms with E-state index in [0.29, 0.717) is 10.8 Å². The minimum atomic E-state index is -4.46. The first-order valence-electron chi connectivity index (χ1n) is 6.33. The number of alkyl halides is 3. The Bertz CT molecular complexity index is 651. The predicted octanol–water partition coefficient (Wildman–Crippen LogP) is 3.05. The number of nitrogens with one attached hydrogen (secondary N) is 1. The van der Waals surface area contributed by atoms with Gasteiger partial charge in [-0.2, -0.15) is 13.2 Å². The van der Waals surface area contributed by atoms with Crippen LogP contribution in [0.4, 0.5) is 18.3 Å². The van der Waals surface area contributed by atoms with Gasteiger partial charge in [-0.3, -0.25) is 10.1 Å². The van der Waals surface area contributed by atoms with Crippen molar-refractivity contribution in [1.82, 2.24) is 9.55 Å². The quantitative estimate of drug-likeness (QED) is 0.915. The number of aryl methyl sites for hydroxylation is 1. The summed E-state index contributed by atoms with van der Waals surface area (Å²) in [6.07, 6.45) is -3.82. The Balaban J connectivity index is 1.95. The fourth-order valence-electron chi connectivity index (χ4n) is 1.68. The molecule has 120 valence electrons. The number of hydrogen-bond acceptors (Lipinski definition) is 4. The van der Waals surface area contributed by atoms with Gasteiger partial charge in [0.2, 0.25) is 0 Å². The highest BCUT2D eigenvalue weighted by Gasteiger charge is 2.30. The molecular formula is C13H14F3N3O2S. The maximum Gasteiger partial charge on any atom is 0.411 e. The van der Waals surface area contributed by atoms with Crippen LogP contribution in [-0.2, 0) is 16.6 Å². The van der Waals surface area contributed by atoms with Crippen molar-refractivity contribution in [1.29, 1.82) is 0 Å². The molecule has 22 heavy (non-hydrogen) atoms. The van der Waals surface area contributed by atoms with Gasteiger partial charge in [-0.25, -0.2) is 4.98 Å². The number of carbonyl (C=O) groups excluding carboxylic acids is 1. The van der Waals surface area contributed by atoms with Crippen LogP contribution in [0.5, 0.6) is 0 Å². The molecule has 2 rings (SSSR count). The summed E-state index contributed by atoms with van der Waals surface area (Å²) in [6.45, 7) is -0.207. The lowest BCUT2D eigenvalue weighted by atomic mass is 10.3. The van der Waals surface area contributed by atoms with Gasteiger partial charge in [-0.05, 0) is 19.1 Å². The highest BCUT2D eigenvalue weighted by molar-refractivity contribution is 7.14. The largest absolute Gasteiger partial charge is 0.411 e. The van der Waals surface area contributed by atoms with Crippen molar-refractivity contribution in [3.8, 4) is 11.4 Å². The lowest BCUT2D eigenvalue weighted by Crippen LogP contribution is -2.31. The molecule has 2 aromatic rings. The number of anilines is 1. The molecule has 0 radical (unpaired) electrons. The van der Waals surface area contributed by atoms with Crippen LogP contribution >= 0.6 is 11.3 Å². The average molecular weight is 333 g/mol. The van der Waals surface area contributed by atoms with E-state index in [-0.39, 0.29) is 0 Å². The maximum absolute atomic E-state index is 12.0. The normalized spacial score (nSPS) is 13.1. The topological polar surface area (TPSA) is 56.1 Å². The number of ether oxygens (including phenoxy) is 1. The predicted molar refractivity (Wildman–Crippen MR) is 76.6 cm³/mol. The zero-order chi connectivity index (χ0) is 16.3. The molecule has 0 saturated carbocycles. The van der Waals surface area contributed by atoms with Gasteiger partial charge in [0.05, 0.1) is 11.4 Å². The summed E-state index contributed by atoms with van der Waals surface area (Å²) in [7, 11) is 1.86. The molecule has 5 nitrogen and oxygen atoms in total. The van der Waals surface area contributed by atoms with Crippen molar-refractivity contribution in [2.24, 2.45) is 7.05 Å². The van der Waals surface area contributed by atoms with Crippen LogP contribution in [0.2, 0.25) is 0 Å². The second kappa shape index (κ2) is 6.49. The first-order chi connectivity index (χ1) is 10.3. The Morgan fingerprint density at radius 3 is 2.86 bits per heavy atom. The van der Waals surface area contributed by atoms with E-state index in [9.17, 15) is 18.0 Å². The minimum absolute atomic E-state index is 0.309. The molecule has 0 saturated heterocycles. The van der Waals surface area contributed by atoms with E-state index in [1.807, 2.05) is 29.9 Å². The molecule has 2 heterocycles. The summed E-state index contributed by atoms with van der Waals surface area (Å²) in [6, 6.07) is 3.73. The number of halogens is 3. The van der Waals surface area contributed by atoms with Crippen molar-refractivity contribution in [3.05, 3.63) is 23.7 Å². The van der Waals surface area contributed by atoms with Gasteiger partial charge < -0.3 is 9.30 Å². The van der Waals surface area contributed by atoms with Crippen molar-refractivity contribution < 1.29 is 22.7 Å². The number of hydrogen-bond donors (Lipinski definition) is 1.